The van der Waals surface area contributed by atoms with Gasteiger partial charge in [0.1, 0.15) is 6.04 Å². The van der Waals surface area contributed by atoms with Crippen LogP contribution in [-0.4, -0.2) is 30.8 Å². The Morgan fingerprint density at radius 2 is 2.38 bits per heavy atom. The Hall–Kier alpha value is -1.30. The number of rotatable bonds is 4. The molecule has 0 heterocycles. The second-order valence-corrected chi connectivity index (χ2v) is 3.59. The van der Waals surface area contributed by atoms with Gasteiger partial charge in [0, 0.05) is 7.11 Å². The maximum absolute atomic E-state index is 11.5. The highest BCUT2D eigenvalue weighted by atomic mass is 35.5. The van der Waals surface area contributed by atoms with Gasteiger partial charge in [0.25, 0.3) is 0 Å². The van der Waals surface area contributed by atoms with Crippen LogP contribution >= 0.6 is 11.6 Å². The van der Waals surface area contributed by atoms with Crippen molar-refractivity contribution in [3.63, 3.8) is 0 Å². The zero-order chi connectivity index (χ0) is 12.1. The molecule has 0 aromatic heterocycles. The largest absolute Gasteiger partial charge is 0.504 e. The summed E-state index contributed by atoms with van der Waals surface area (Å²) in [5.74, 6) is -0.624. The van der Waals surface area contributed by atoms with Crippen molar-refractivity contribution in [2.45, 2.75) is 6.04 Å². The van der Waals surface area contributed by atoms with Gasteiger partial charge in [-0.1, -0.05) is 17.7 Å². The minimum Gasteiger partial charge on any atom is -0.504 e. The SMILES string of the molecule is COCC(N)C(=O)Nc1cccc(Cl)c1O. The number of anilines is 1. The molecule has 0 saturated carbocycles. The zero-order valence-corrected chi connectivity index (χ0v) is 9.49. The third-order valence-corrected chi connectivity index (χ3v) is 2.23. The minimum absolute atomic E-state index is 0.104. The summed E-state index contributed by atoms with van der Waals surface area (Å²) in [6.45, 7) is 0.104. The first-order valence-corrected chi connectivity index (χ1v) is 4.97. The van der Waals surface area contributed by atoms with E-state index >= 15 is 0 Å². The van der Waals surface area contributed by atoms with Gasteiger partial charge in [-0.05, 0) is 12.1 Å². The highest BCUT2D eigenvalue weighted by Gasteiger charge is 2.15. The lowest BCUT2D eigenvalue weighted by molar-refractivity contribution is -0.118. The summed E-state index contributed by atoms with van der Waals surface area (Å²) in [5.41, 5.74) is 5.74. The van der Waals surface area contributed by atoms with Crippen LogP contribution in [0.1, 0.15) is 0 Å². The highest BCUT2D eigenvalue weighted by molar-refractivity contribution is 6.32. The van der Waals surface area contributed by atoms with Crippen LogP contribution in [0.3, 0.4) is 0 Å². The van der Waals surface area contributed by atoms with Crippen molar-refractivity contribution in [3.05, 3.63) is 23.2 Å². The minimum atomic E-state index is -0.789. The molecule has 1 amide bonds. The van der Waals surface area contributed by atoms with E-state index in [1.807, 2.05) is 0 Å². The normalized spacial score (nSPS) is 12.2. The number of carbonyl (C=O) groups is 1. The Balaban J connectivity index is 2.73. The third kappa shape index (κ3) is 3.10. The maximum atomic E-state index is 11.5. The van der Waals surface area contributed by atoms with Crippen LogP contribution in [-0.2, 0) is 9.53 Å². The summed E-state index contributed by atoms with van der Waals surface area (Å²) < 4.78 is 4.74. The number of nitrogens with one attached hydrogen (secondary N) is 1. The molecule has 16 heavy (non-hydrogen) atoms. The molecule has 1 atom stereocenters. The Bertz CT molecular complexity index is 384. The molecule has 0 aliphatic heterocycles. The van der Waals surface area contributed by atoms with E-state index in [0.717, 1.165) is 0 Å². The van der Waals surface area contributed by atoms with Gasteiger partial charge < -0.3 is 20.9 Å². The number of carbonyl (C=O) groups excluding carboxylic acids is 1. The molecule has 0 saturated heterocycles. The zero-order valence-electron chi connectivity index (χ0n) is 8.74. The summed E-state index contributed by atoms with van der Waals surface area (Å²) in [5, 5.41) is 12.2. The van der Waals surface area contributed by atoms with Gasteiger partial charge in [0.2, 0.25) is 5.91 Å². The Morgan fingerprint density at radius 3 is 3.00 bits per heavy atom. The lowest BCUT2D eigenvalue weighted by atomic mass is 10.2. The number of phenols is 1. The fourth-order valence-electron chi connectivity index (χ4n) is 1.10. The molecule has 1 aromatic rings. The van der Waals surface area contributed by atoms with Gasteiger partial charge in [-0.15, -0.1) is 0 Å². The van der Waals surface area contributed by atoms with E-state index in [9.17, 15) is 9.90 Å². The van der Waals surface area contributed by atoms with Gasteiger partial charge in [-0.25, -0.2) is 0 Å². The van der Waals surface area contributed by atoms with E-state index < -0.39 is 11.9 Å². The number of ether oxygens (including phenoxy) is 1. The first-order valence-electron chi connectivity index (χ1n) is 4.59. The highest BCUT2D eigenvalue weighted by Crippen LogP contribution is 2.31. The molecule has 5 nitrogen and oxygen atoms in total. The van der Waals surface area contributed by atoms with E-state index in [2.05, 4.69) is 5.32 Å². The molecular formula is C10H13ClN2O3. The molecule has 0 aliphatic carbocycles. The maximum Gasteiger partial charge on any atom is 0.243 e. The van der Waals surface area contributed by atoms with Crippen molar-refractivity contribution in [2.24, 2.45) is 5.73 Å². The van der Waals surface area contributed by atoms with Crippen molar-refractivity contribution in [1.82, 2.24) is 0 Å². The smallest absolute Gasteiger partial charge is 0.243 e. The van der Waals surface area contributed by atoms with Crippen LogP contribution in [0.2, 0.25) is 5.02 Å². The predicted octanol–water partition coefficient (Wildman–Crippen LogP) is 0.958. The number of amides is 1. The lowest BCUT2D eigenvalue weighted by Gasteiger charge is -2.12. The van der Waals surface area contributed by atoms with E-state index in [-0.39, 0.29) is 23.1 Å². The van der Waals surface area contributed by atoms with Crippen molar-refractivity contribution in [1.29, 1.82) is 0 Å². The molecule has 0 radical (unpaired) electrons. The van der Waals surface area contributed by atoms with Gasteiger partial charge in [-0.2, -0.15) is 0 Å². The fraction of sp³-hybridized carbons (Fsp3) is 0.300. The number of para-hydroxylation sites is 1. The first kappa shape index (κ1) is 12.8. The van der Waals surface area contributed by atoms with Crippen LogP contribution in [0.15, 0.2) is 18.2 Å². The van der Waals surface area contributed by atoms with E-state index in [1.54, 1.807) is 6.07 Å². The van der Waals surface area contributed by atoms with Crippen molar-refractivity contribution in [2.75, 3.05) is 19.0 Å². The van der Waals surface area contributed by atoms with E-state index in [0.29, 0.717) is 0 Å². The molecule has 0 fully saturated rings. The fourth-order valence-corrected chi connectivity index (χ4v) is 1.27. The summed E-state index contributed by atoms with van der Waals surface area (Å²) >= 11 is 5.68. The number of nitrogens with two attached hydrogens (primary N) is 1. The Labute approximate surface area is 98.2 Å². The topological polar surface area (TPSA) is 84.6 Å². The third-order valence-electron chi connectivity index (χ3n) is 1.93. The number of aromatic hydroxyl groups is 1. The van der Waals surface area contributed by atoms with Crippen LogP contribution in [0, 0.1) is 0 Å². The second kappa shape index (κ2) is 5.69. The molecule has 1 rings (SSSR count). The number of hydrogen-bond donors (Lipinski definition) is 3. The van der Waals surface area contributed by atoms with Crippen LogP contribution < -0.4 is 11.1 Å². The van der Waals surface area contributed by atoms with Gasteiger partial charge in [0.05, 0.1) is 17.3 Å². The predicted molar refractivity (Wildman–Crippen MR) is 61.6 cm³/mol. The number of halogens is 1. The van der Waals surface area contributed by atoms with Gasteiger partial charge in [-0.3, -0.25) is 4.79 Å². The quantitative estimate of drug-likeness (QED) is 0.689. The number of methoxy groups -OCH3 is 1. The molecule has 1 unspecified atom stereocenters. The Morgan fingerprint density at radius 1 is 1.69 bits per heavy atom. The average molecular weight is 245 g/mol. The van der Waals surface area contributed by atoms with Gasteiger partial charge in [0.15, 0.2) is 5.75 Å². The van der Waals surface area contributed by atoms with Crippen molar-refractivity contribution in [3.8, 4) is 5.75 Å². The molecule has 0 bridgehead atoms. The molecule has 0 spiro atoms. The Kier molecular flexibility index (Phi) is 4.54. The first-order chi connectivity index (χ1) is 7.56. The van der Waals surface area contributed by atoms with E-state index in [1.165, 1.54) is 19.2 Å². The summed E-state index contributed by atoms with van der Waals surface area (Å²) in [7, 11) is 1.45. The van der Waals surface area contributed by atoms with Gasteiger partial charge >= 0.3 is 0 Å². The van der Waals surface area contributed by atoms with Crippen molar-refractivity contribution >= 4 is 23.2 Å². The summed E-state index contributed by atoms with van der Waals surface area (Å²) in [6.07, 6.45) is 0. The average Bonchev–Trinajstić information content (AvgIpc) is 2.25. The van der Waals surface area contributed by atoms with Crippen molar-refractivity contribution < 1.29 is 14.6 Å². The standard InChI is InChI=1S/C10H13ClN2O3/c1-16-5-7(12)10(15)13-8-4-2-3-6(11)9(8)14/h2-4,7,14H,5,12H2,1H3,(H,13,15). The monoisotopic (exact) mass is 244 g/mol. The number of phenolic OH excluding ortho intramolecular Hbond substituents is 1. The molecule has 88 valence electrons. The lowest BCUT2D eigenvalue weighted by Crippen LogP contribution is -2.39. The molecular weight excluding hydrogens is 232 g/mol. The summed E-state index contributed by atoms with van der Waals surface area (Å²) in [4.78, 5) is 11.5. The summed E-state index contributed by atoms with van der Waals surface area (Å²) in [6, 6.07) is 3.86. The molecule has 6 heteroatoms. The molecule has 0 aliphatic rings. The molecule has 4 N–H and O–H groups in total. The number of benzene rings is 1. The van der Waals surface area contributed by atoms with Crippen LogP contribution in [0.25, 0.3) is 0 Å². The number of hydrogen-bond acceptors (Lipinski definition) is 4. The van der Waals surface area contributed by atoms with E-state index in [4.69, 9.17) is 22.1 Å². The van der Waals surface area contributed by atoms with Crippen LogP contribution in [0.4, 0.5) is 5.69 Å². The second-order valence-electron chi connectivity index (χ2n) is 3.19. The van der Waals surface area contributed by atoms with Crippen LogP contribution in [0.5, 0.6) is 5.75 Å². The molecule has 1 aromatic carbocycles.